The van der Waals surface area contributed by atoms with Gasteiger partial charge in [-0.15, -0.1) is 0 Å². The number of aromatic nitrogens is 1. The van der Waals surface area contributed by atoms with Crippen molar-refractivity contribution >= 4 is 28.8 Å². The molecule has 3 rings (SSSR count). The number of amides is 2. The predicted molar refractivity (Wildman–Crippen MR) is 108 cm³/mol. The summed E-state index contributed by atoms with van der Waals surface area (Å²) in [5.74, 6) is -0.549. The van der Waals surface area contributed by atoms with E-state index >= 15 is 0 Å². The predicted octanol–water partition coefficient (Wildman–Crippen LogP) is 3.28. The van der Waals surface area contributed by atoms with Gasteiger partial charge in [0.1, 0.15) is 0 Å². The molecule has 0 fully saturated rings. The van der Waals surface area contributed by atoms with Crippen molar-refractivity contribution < 1.29 is 14.8 Å². The van der Waals surface area contributed by atoms with Crippen molar-refractivity contribution in [3.8, 4) is 0 Å². The Bertz CT molecular complexity index is 990. The highest BCUT2D eigenvalue weighted by Crippen LogP contribution is 2.19. The second-order valence-electron chi connectivity index (χ2n) is 6.60. The van der Waals surface area contributed by atoms with Crippen LogP contribution in [0.1, 0.15) is 23.6 Å². The molecule has 144 valence electrons. The summed E-state index contributed by atoms with van der Waals surface area (Å²) in [5, 5.41) is 9.68. The summed E-state index contributed by atoms with van der Waals surface area (Å²) in [6.07, 6.45) is 5.64. The first-order valence-electron chi connectivity index (χ1n) is 9.08. The zero-order valence-electron chi connectivity index (χ0n) is 15.7. The summed E-state index contributed by atoms with van der Waals surface area (Å²) in [5.41, 5.74) is 5.70. The number of nitrogens with one attached hydrogen (secondary N) is 2. The lowest BCUT2D eigenvalue weighted by Gasteiger charge is -2.21. The van der Waals surface area contributed by atoms with Crippen LogP contribution in [0.2, 0.25) is 0 Å². The molecule has 0 spiro atoms. The lowest BCUT2D eigenvalue weighted by atomic mass is 10.1. The second-order valence-corrected chi connectivity index (χ2v) is 6.60. The van der Waals surface area contributed by atoms with Gasteiger partial charge >= 0.3 is 0 Å². The highest BCUT2D eigenvalue weighted by Gasteiger charge is 2.11. The van der Waals surface area contributed by atoms with Crippen LogP contribution in [0.15, 0.2) is 60.8 Å². The molecule has 0 aliphatic rings. The molecule has 3 aromatic rings. The number of hydrogen-bond acceptors (Lipinski definition) is 3. The number of nitrogens with zero attached hydrogens (tertiary/aromatic N) is 1. The van der Waals surface area contributed by atoms with Gasteiger partial charge < -0.3 is 9.88 Å². The van der Waals surface area contributed by atoms with Gasteiger partial charge in [0, 0.05) is 43.2 Å². The second kappa shape index (κ2) is 9.01. The van der Waals surface area contributed by atoms with Crippen molar-refractivity contribution in [3.63, 3.8) is 0 Å². The number of hydrogen-bond donors (Lipinski definition) is 3. The Morgan fingerprint density at radius 3 is 2.61 bits per heavy atom. The van der Waals surface area contributed by atoms with Crippen LogP contribution in [0, 0.1) is 0 Å². The van der Waals surface area contributed by atoms with E-state index in [9.17, 15) is 9.59 Å². The average molecular weight is 377 g/mol. The molecular weight excluding hydrogens is 354 g/mol. The fraction of sp³-hybridized carbons (Fsp3) is 0.182. The summed E-state index contributed by atoms with van der Waals surface area (Å²) in [4.78, 5) is 28.2. The molecule has 28 heavy (non-hydrogen) atoms. The van der Waals surface area contributed by atoms with E-state index in [1.165, 1.54) is 17.0 Å². The van der Waals surface area contributed by atoms with Crippen LogP contribution >= 0.6 is 0 Å². The average Bonchev–Trinajstić information content (AvgIpc) is 3.13. The summed E-state index contributed by atoms with van der Waals surface area (Å²) in [6.45, 7) is 2.74. The third-order valence-corrected chi connectivity index (χ3v) is 4.66. The van der Waals surface area contributed by atoms with Gasteiger partial charge in [-0.3, -0.25) is 14.8 Å². The van der Waals surface area contributed by atoms with Crippen LogP contribution in [0.4, 0.5) is 0 Å². The van der Waals surface area contributed by atoms with Crippen molar-refractivity contribution in [2.24, 2.45) is 0 Å². The van der Waals surface area contributed by atoms with E-state index in [0.717, 1.165) is 23.1 Å². The van der Waals surface area contributed by atoms with Crippen molar-refractivity contribution in [2.45, 2.75) is 19.9 Å². The van der Waals surface area contributed by atoms with Gasteiger partial charge in [-0.25, -0.2) is 5.48 Å². The molecule has 0 atom stereocenters. The number of H-pyrrole nitrogens is 1. The van der Waals surface area contributed by atoms with Gasteiger partial charge in [-0.1, -0.05) is 42.5 Å². The van der Waals surface area contributed by atoms with Gasteiger partial charge in [0.25, 0.3) is 5.91 Å². The summed E-state index contributed by atoms with van der Waals surface area (Å²) < 4.78 is 0. The zero-order valence-corrected chi connectivity index (χ0v) is 15.7. The molecule has 2 aromatic carbocycles. The largest absolute Gasteiger partial charge is 0.361 e. The Balaban J connectivity index is 1.64. The molecule has 3 N–H and O–H groups in total. The van der Waals surface area contributed by atoms with Gasteiger partial charge in [0.05, 0.1) is 0 Å². The number of fused-ring (bicyclic) bond motifs is 1. The fourth-order valence-corrected chi connectivity index (χ4v) is 3.11. The van der Waals surface area contributed by atoms with E-state index in [4.69, 9.17) is 5.21 Å². The van der Waals surface area contributed by atoms with Gasteiger partial charge in [-0.2, -0.15) is 0 Å². The number of carbonyl (C=O) groups excluding carboxylic acids is 2. The first kappa shape index (κ1) is 19.4. The highest BCUT2D eigenvalue weighted by atomic mass is 16.5. The maximum atomic E-state index is 12.1. The third kappa shape index (κ3) is 4.86. The Morgan fingerprint density at radius 1 is 1.14 bits per heavy atom. The molecule has 0 saturated carbocycles. The van der Waals surface area contributed by atoms with Crippen molar-refractivity contribution in [1.82, 2.24) is 15.4 Å². The quantitative estimate of drug-likeness (QED) is 0.336. The number of rotatable bonds is 7. The van der Waals surface area contributed by atoms with Crippen LogP contribution in [-0.2, 0) is 22.6 Å². The van der Waals surface area contributed by atoms with E-state index in [0.29, 0.717) is 13.1 Å². The highest BCUT2D eigenvalue weighted by molar-refractivity contribution is 5.90. The smallest absolute Gasteiger partial charge is 0.267 e. The molecule has 2 amide bonds. The van der Waals surface area contributed by atoms with Crippen LogP contribution in [0.3, 0.4) is 0 Å². The molecule has 0 radical (unpaired) electrons. The molecule has 1 heterocycles. The SMILES string of the molecule is CC(=O)N(CCc1c[nH]c2ccccc12)Cc1ccc(/C=C/C(=O)NO)cc1. The molecule has 6 heteroatoms. The maximum absolute atomic E-state index is 12.1. The monoisotopic (exact) mass is 377 g/mol. The number of para-hydroxylation sites is 1. The normalized spacial score (nSPS) is 11.1. The van der Waals surface area contributed by atoms with Gasteiger partial charge in [0.15, 0.2) is 0 Å². The lowest BCUT2D eigenvalue weighted by Crippen LogP contribution is -2.30. The Morgan fingerprint density at radius 2 is 1.89 bits per heavy atom. The molecule has 0 unspecified atom stereocenters. The van der Waals surface area contributed by atoms with E-state index in [1.54, 1.807) is 18.5 Å². The van der Waals surface area contributed by atoms with Crippen LogP contribution in [0.25, 0.3) is 17.0 Å². The van der Waals surface area contributed by atoms with Crippen LogP contribution in [0.5, 0.6) is 0 Å². The van der Waals surface area contributed by atoms with Crippen LogP contribution < -0.4 is 5.48 Å². The zero-order chi connectivity index (χ0) is 19.9. The first-order chi connectivity index (χ1) is 13.6. The van der Waals surface area contributed by atoms with E-state index < -0.39 is 5.91 Å². The first-order valence-corrected chi connectivity index (χ1v) is 9.08. The van der Waals surface area contributed by atoms with E-state index in [2.05, 4.69) is 11.1 Å². The maximum Gasteiger partial charge on any atom is 0.267 e. The van der Waals surface area contributed by atoms with Crippen molar-refractivity contribution in [1.29, 1.82) is 0 Å². The number of benzene rings is 2. The fourth-order valence-electron chi connectivity index (χ4n) is 3.11. The molecule has 1 aromatic heterocycles. The minimum atomic E-state index is -0.580. The third-order valence-electron chi connectivity index (χ3n) is 4.66. The molecule has 0 aliphatic carbocycles. The number of hydroxylamine groups is 1. The number of carbonyl (C=O) groups is 2. The lowest BCUT2D eigenvalue weighted by molar-refractivity contribution is -0.129. The van der Waals surface area contributed by atoms with Gasteiger partial charge in [-0.05, 0) is 35.3 Å². The van der Waals surface area contributed by atoms with E-state index in [-0.39, 0.29) is 5.91 Å². The summed E-state index contributed by atoms with van der Waals surface area (Å²) in [6, 6.07) is 15.7. The molecule has 0 bridgehead atoms. The standard InChI is InChI=1S/C22H23N3O3/c1-16(26)25(13-12-19-14-23-21-5-3-2-4-20(19)21)15-18-8-6-17(7-9-18)10-11-22(27)24-28/h2-11,14,23,28H,12-13,15H2,1H3,(H,24,27)/b11-10+. The summed E-state index contributed by atoms with van der Waals surface area (Å²) >= 11 is 0. The molecular formula is C22H23N3O3. The minimum absolute atomic E-state index is 0.0310. The topological polar surface area (TPSA) is 85.4 Å². The number of aromatic amines is 1. The Hall–Kier alpha value is -3.38. The van der Waals surface area contributed by atoms with Crippen molar-refractivity contribution in [2.75, 3.05) is 6.54 Å². The van der Waals surface area contributed by atoms with Gasteiger partial charge in [0.2, 0.25) is 5.91 Å². The molecule has 0 aliphatic heterocycles. The minimum Gasteiger partial charge on any atom is -0.361 e. The summed E-state index contributed by atoms with van der Waals surface area (Å²) in [7, 11) is 0. The molecule has 0 saturated heterocycles. The molecule has 6 nitrogen and oxygen atoms in total. The Labute approximate surface area is 163 Å². The van der Waals surface area contributed by atoms with Crippen LogP contribution in [-0.4, -0.2) is 33.5 Å². The Kier molecular flexibility index (Phi) is 6.24. The van der Waals surface area contributed by atoms with Crippen molar-refractivity contribution in [3.05, 3.63) is 77.5 Å². The van der Waals surface area contributed by atoms with E-state index in [1.807, 2.05) is 53.6 Å².